The second kappa shape index (κ2) is 7.62. The zero-order valence-electron chi connectivity index (χ0n) is 19.4. The van der Waals surface area contributed by atoms with Gasteiger partial charge in [0.2, 0.25) is 5.91 Å². The van der Waals surface area contributed by atoms with E-state index in [1.807, 2.05) is 25.7 Å². The van der Waals surface area contributed by atoms with E-state index in [0.29, 0.717) is 33.8 Å². The van der Waals surface area contributed by atoms with Crippen LogP contribution in [-0.2, 0) is 16.1 Å². The van der Waals surface area contributed by atoms with Gasteiger partial charge >= 0.3 is 6.09 Å². The Morgan fingerprint density at radius 1 is 1.18 bits per heavy atom. The predicted molar refractivity (Wildman–Crippen MR) is 127 cm³/mol. The Morgan fingerprint density at radius 2 is 1.82 bits per heavy atom. The lowest BCUT2D eigenvalue weighted by molar-refractivity contribution is -0.189. The first-order valence-corrected chi connectivity index (χ1v) is 12.6. The third kappa shape index (κ3) is 3.42. The van der Waals surface area contributed by atoms with Gasteiger partial charge in [0.05, 0.1) is 34.6 Å². The van der Waals surface area contributed by atoms with Gasteiger partial charge in [0.1, 0.15) is 17.1 Å². The van der Waals surface area contributed by atoms with Gasteiger partial charge < -0.3 is 19.1 Å². The molecule has 9 heteroatoms. The van der Waals surface area contributed by atoms with E-state index in [-0.39, 0.29) is 36.0 Å². The summed E-state index contributed by atoms with van der Waals surface area (Å²) in [5, 5.41) is 5.37. The standard InChI is InChI=1S/C25H27Cl2N3O4/c1-25(2,3)33-24(32)30-17-9-13-10-18(30)20(17)23(31)29(13)11-14-21(28-34-22(14)12-7-8-12)19-15(26)5-4-6-16(19)27/h4-6,12-13,17-18,20H,7-11H2,1-3H3. The number of aromatic nitrogens is 1. The molecule has 5 heterocycles. The summed E-state index contributed by atoms with van der Waals surface area (Å²) in [6, 6.07) is 5.28. The van der Waals surface area contributed by atoms with E-state index >= 15 is 0 Å². The quantitative estimate of drug-likeness (QED) is 0.539. The maximum atomic E-state index is 13.5. The first-order chi connectivity index (χ1) is 16.1. The minimum absolute atomic E-state index is 0.0720. The Morgan fingerprint density at radius 3 is 2.38 bits per heavy atom. The highest BCUT2D eigenvalue weighted by Gasteiger charge is 2.65. The van der Waals surface area contributed by atoms with Crippen molar-refractivity contribution in [2.45, 2.75) is 82.6 Å². The smallest absolute Gasteiger partial charge is 0.410 e. The highest BCUT2D eigenvalue weighted by molar-refractivity contribution is 6.39. The van der Waals surface area contributed by atoms with Crippen molar-refractivity contribution in [2.75, 3.05) is 0 Å². The van der Waals surface area contributed by atoms with Gasteiger partial charge in [0, 0.05) is 23.1 Å². The highest BCUT2D eigenvalue weighted by atomic mass is 35.5. The highest BCUT2D eigenvalue weighted by Crippen LogP contribution is 2.52. The van der Waals surface area contributed by atoms with E-state index in [2.05, 4.69) is 5.16 Å². The molecule has 34 heavy (non-hydrogen) atoms. The fraction of sp³-hybridized carbons (Fsp3) is 0.560. The molecule has 2 aromatic rings. The van der Waals surface area contributed by atoms with Crippen LogP contribution >= 0.6 is 23.2 Å². The van der Waals surface area contributed by atoms with E-state index in [9.17, 15) is 9.59 Å². The van der Waals surface area contributed by atoms with Crippen LogP contribution in [0.1, 0.15) is 63.7 Å². The van der Waals surface area contributed by atoms with Crippen LogP contribution in [0.25, 0.3) is 11.3 Å². The lowest BCUT2D eigenvalue weighted by Gasteiger charge is -2.65. The van der Waals surface area contributed by atoms with Crippen LogP contribution in [0, 0.1) is 5.92 Å². The molecule has 4 bridgehead atoms. The van der Waals surface area contributed by atoms with Crippen LogP contribution in [0.3, 0.4) is 0 Å². The minimum atomic E-state index is -0.556. The normalized spacial score (nSPS) is 27.7. The monoisotopic (exact) mass is 503 g/mol. The Hall–Kier alpha value is -2.25. The van der Waals surface area contributed by atoms with Gasteiger partial charge in [0.25, 0.3) is 0 Å². The molecule has 4 saturated heterocycles. The molecule has 4 aliphatic heterocycles. The van der Waals surface area contributed by atoms with Crippen molar-refractivity contribution < 1.29 is 18.8 Å². The zero-order chi connectivity index (χ0) is 23.9. The van der Waals surface area contributed by atoms with Crippen molar-refractivity contribution in [1.29, 1.82) is 0 Å². The lowest BCUT2D eigenvalue weighted by atomic mass is 9.63. The maximum absolute atomic E-state index is 13.5. The van der Waals surface area contributed by atoms with Crippen LogP contribution in [0.2, 0.25) is 10.0 Å². The molecular formula is C25H27Cl2N3O4. The number of ether oxygens (including phenoxy) is 1. The number of hydrogen-bond acceptors (Lipinski definition) is 5. The molecule has 7 nitrogen and oxygen atoms in total. The van der Waals surface area contributed by atoms with Gasteiger partial charge in [-0.1, -0.05) is 34.4 Å². The molecule has 2 amide bonds. The number of rotatable bonds is 4. The van der Waals surface area contributed by atoms with Crippen LogP contribution in [0.15, 0.2) is 22.7 Å². The average Bonchev–Trinajstić information content (AvgIpc) is 3.50. The van der Waals surface area contributed by atoms with Crippen molar-refractivity contribution in [1.82, 2.24) is 15.0 Å². The number of piperidine rings is 3. The summed E-state index contributed by atoms with van der Waals surface area (Å²) < 4.78 is 11.4. The number of hydrogen-bond donors (Lipinski definition) is 0. The van der Waals surface area contributed by atoms with E-state index in [4.69, 9.17) is 32.5 Å². The van der Waals surface area contributed by atoms with Gasteiger partial charge in [-0.15, -0.1) is 0 Å². The Bertz CT molecular complexity index is 1150. The summed E-state index contributed by atoms with van der Waals surface area (Å²) >= 11 is 13.0. The first-order valence-electron chi connectivity index (χ1n) is 11.9. The van der Waals surface area contributed by atoms with E-state index < -0.39 is 5.60 Å². The molecule has 0 N–H and O–H groups in total. The molecule has 180 valence electrons. The van der Waals surface area contributed by atoms with Crippen molar-refractivity contribution in [3.63, 3.8) is 0 Å². The molecule has 6 aliphatic rings. The molecule has 2 saturated carbocycles. The summed E-state index contributed by atoms with van der Waals surface area (Å²) in [5.41, 5.74) is 1.60. The summed E-state index contributed by atoms with van der Waals surface area (Å²) in [6.07, 6.45) is 3.31. The molecule has 2 aliphatic carbocycles. The molecule has 0 spiro atoms. The number of carbonyl (C=O) groups is 2. The van der Waals surface area contributed by atoms with E-state index in [1.165, 1.54) is 0 Å². The van der Waals surface area contributed by atoms with Crippen molar-refractivity contribution in [3.8, 4) is 11.3 Å². The van der Waals surface area contributed by atoms with Crippen molar-refractivity contribution in [3.05, 3.63) is 39.6 Å². The number of nitrogens with zero attached hydrogens (tertiary/aromatic N) is 3. The summed E-state index contributed by atoms with van der Waals surface area (Å²) in [7, 11) is 0. The van der Waals surface area contributed by atoms with Crippen LogP contribution in [0.4, 0.5) is 4.79 Å². The molecule has 1 aromatic heterocycles. The van der Waals surface area contributed by atoms with Crippen LogP contribution in [0.5, 0.6) is 0 Å². The molecular weight excluding hydrogens is 477 g/mol. The summed E-state index contributed by atoms with van der Waals surface area (Å²) in [5.74, 6) is 1.08. The fourth-order valence-corrected chi connectivity index (χ4v) is 6.48. The minimum Gasteiger partial charge on any atom is -0.444 e. The molecule has 2 unspecified atom stereocenters. The largest absolute Gasteiger partial charge is 0.444 e. The molecule has 2 atom stereocenters. The lowest BCUT2D eigenvalue weighted by Crippen LogP contribution is -2.79. The topological polar surface area (TPSA) is 75.9 Å². The van der Waals surface area contributed by atoms with E-state index in [1.54, 1.807) is 23.1 Å². The molecule has 6 fully saturated rings. The first kappa shape index (κ1) is 22.2. The van der Waals surface area contributed by atoms with Gasteiger partial charge in [0.15, 0.2) is 0 Å². The van der Waals surface area contributed by atoms with Crippen molar-refractivity contribution in [2.24, 2.45) is 5.92 Å². The second-order valence-corrected chi connectivity index (χ2v) is 11.7. The molecule has 8 rings (SSSR count). The molecule has 0 radical (unpaired) electrons. The second-order valence-electron chi connectivity index (χ2n) is 10.9. The van der Waals surface area contributed by atoms with Gasteiger partial charge in [-0.25, -0.2) is 4.79 Å². The third-order valence-corrected chi connectivity index (χ3v) is 8.11. The number of fused-ring (bicyclic) bond motifs is 1. The summed E-state index contributed by atoms with van der Waals surface area (Å²) in [6.45, 7) is 5.99. The SMILES string of the molecule is CC(C)(C)OC(=O)N1C2CC3CC1C2C(=O)N3Cc1c(-c2c(Cl)cccc2Cl)noc1C1CC1. The van der Waals surface area contributed by atoms with Gasteiger partial charge in [-0.05, 0) is 58.6 Å². The third-order valence-electron chi connectivity index (χ3n) is 7.48. The Kier molecular flexibility index (Phi) is 4.98. The Labute approximate surface area is 208 Å². The molecule has 1 aromatic carbocycles. The van der Waals surface area contributed by atoms with Crippen LogP contribution in [-0.4, -0.2) is 50.7 Å². The fourth-order valence-electron chi connectivity index (χ4n) is 5.90. The van der Waals surface area contributed by atoms with E-state index in [0.717, 1.165) is 37.0 Å². The maximum Gasteiger partial charge on any atom is 0.410 e. The van der Waals surface area contributed by atoms with Gasteiger partial charge in [-0.3, -0.25) is 4.79 Å². The average molecular weight is 504 g/mol. The van der Waals surface area contributed by atoms with Crippen molar-refractivity contribution >= 4 is 35.2 Å². The summed E-state index contributed by atoms with van der Waals surface area (Å²) in [4.78, 5) is 30.0. The Balaban J connectivity index is 1.27. The number of halogens is 2. The number of carbonyl (C=O) groups excluding carboxylic acids is 2. The van der Waals surface area contributed by atoms with Gasteiger partial charge in [-0.2, -0.15) is 0 Å². The zero-order valence-corrected chi connectivity index (χ0v) is 20.9. The predicted octanol–water partition coefficient (Wildman–Crippen LogP) is 5.63. The van der Waals surface area contributed by atoms with Crippen LogP contribution < -0.4 is 0 Å². The number of amides is 2. The number of benzene rings is 1.